The van der Waals surface area contributed by atoms with Crippen molar-refractivity contribution < 1.29 is 4.74 Å². The van der Waals surface area contributed by atoms with Crippen molar-refractivity contribution in [1.29, 1.82) is 0 Å². The highest BCUT2D eigenvalue weighted by molar-refractivity contribution is 5.30. The fourth-order valence-electron chi connectivity index (χ4n) is 2.30. The zero-order chi connectivity index (χ0) is 14.6. The smallest absolute Gasteiger partial charge is 0.161 e. The lowest BCUT2D eigenvalue weighted by Crippen LogP contribution is -2.35. The van der Waals surface area contributed by atoms with Crippen LogP contribution in [-0.4, -0.2) is 23.4 Å². The van der Waals surface area contributed by atoms with Gasteiger partial charge >= 0.3 is 0 Å². The van der Waals surface area contributed by atoms with Gasteiger partial charge in [-0.2, -0.15) is 5.10 Å². The summed E-state index contributed by atoms with van der Waals surface area (Å²) >= 11 is 0. The Morgan fingerprint density at radius 1 is 1.37 bits per heavy atom. The van der Waals surface area contributed by atoms with Crippen LogP contribution in [0.5, 0.6) is 5.75 Å². The summed E-state index contributed by atoms with van der Waals surface area (Å²) in [5.74, 6) is 0.872. The highest BCUT2D eigenvalue weighted by Gasteiger charge is 2.32. The second kappa shape index (κ2) is 6.42. The molecule has 0 aliphatic rings. The predicted octanol–water partition coefficient (Wildman–Crippen LogP) is 3.56. The van der Waals surface area contributed by atoms with Gasteiger partial charge in [-0.15, -0.1) is 0 Å². The Bertz CT molecular complexity index is 391. The topological polar surface area (TPSA) is 39.1 Å². The van der Waals surface area contributed by atoms with E-state index < -0.39 is 0 Å². The molecule has 4 heteroatoms. The number of nitrogens with one attached hydrogen (secondary N) is 1. The van der Waals surface area contributed by atoms with Gasteiger partial charge in [0.05, 0.1) is 25.0 Å². The average molecular weight is 267 g/mol. The molecule has 0 saturated heterocycles. The molecule has 0 fully saturated rings. The van der Waals surface area contributed by atoms with Gasteiger partial charge in [0.25, 0.3) is 0 Å². The van der Waals surface area contributed by atoms with Crippen molar-refractivity contribution in [1.82, 2.24) is 15.1 Å². The molecule has 0 saturated carbocycles. The first-order valence-corrected chi connectivity index (χ1v) is 7.17. The molecular formula is C15H29N3O. The molecule has 0 amide bonds. The van der Waals surface area contributed by atoms with Crippen molar-refractivity contribution in [2.24, 2.45) is 5.41 Å². The van der Waals surface area contributed by atoms with Crippen molar-refractivity contribution in [3.05, 3.63) is 11.9 Å². The van der Waals surface area contributed by atoms with Crippen molar-refractivity contribution >= 4 is 0 Å². The Hall–Kier alpha value is -1.03. The first kappa shape index (κ1) is 16.0. The zero-order valence-corrected chi connectivity index (χ0v) is 13.4. The molecule has 0 spiro atoms. The summed E-state index contributed by atoms with van der Waals surface area (Å²) in [6, 6.07) is 0.555. The number of nitrogens with zero attached hydrogens (tertiary/aromatic N) is 2. The van der Waals surface area contributed by atoms with E-state index in [0.29, 0.717) is 6.04 Å². The second-order valence-electron chi connectivity index (χ2n) is 6.39. The minimum absolute atomic E-state index is 0.106. The Labute approximate surface area is 117 Å². The standard InChI is InChI=1S/C15H29N3O/c1-8-9-16-14(15(4,5)6)13-12(19-7)10-17-18(13)11(2)3/h10-11,14,16H,8-9H2,1-7H3. The van der Waals surface area contributed by atoms with E-state index in [1.807, 2.05) is 6.20 Å². The van der Waals surface area contributed by atoms with E-state index in [4.69, 9.17) is 4.74 Å². The molecule has 4 nitrogen and oxygen atoms in total. The van der Waals surface area contributed by atoms with Crippen molar-refractivity contribution in [2.75, 3.05) is 13.7 Å². The maximum absolute atomic E-state index is 5.51. The van der Waals surface area contributed by atoms with E-state index in [9.17, 15) is 0 Å². The van der Waals surface area contributed by atoms with Crippen molar-refractivity contribution in [3.8, 4) is 5.75 Å². The van der Waals surface area contributed by atoms with Gasteiger partial charge in [-0.1, -0.05) is 27.7 Å². The summed E-state index contributed by atoms with van der Waals surface area (Å²) in [6.45, 7) is 14.2. The predicted molar refractivity (Wildman–Crippen MR) is 79.7 cm³/mol. The van der Waals surface area contributed by atoms with Crippen LogP contribution in [0.2, 0.25) is 0 Å². The normalized spacial score (nSPS) is 13.9. The molecule has 1 unspecified atom stereocenters. The Morgan fingerprint density at radius 2 is 2.00 bits per heavy atom. The summed E-state index contributed by atoms with van der Waals surface area (Å²) in [4.78, 5) is 0. The Kier molecular flexibility index (Phi) is 5.41. The van der Waals surface area contributed by atoms with E-state index >= 15 is 0 Å². The molecule has 1 atom stereocenters. The van der Waals surface area contributed by atoms with Crippen molar-refractivity contribution in [3.63, 3.8) is 0 Å². The SMILES string of the molecule is CCCNC(c1c(OC)cnn1C(C)C)C(C)(C)C. The molecule has 1 aromatic heterocycles. The van der Waals surface area contributed by atoms with E-state index in [2.05, 4.69) is 56.6 Å². The number of aromatic nitrogens is 2. The van der Waals surface area contributed by atoms with Crippen LogP contribution in [0, 0.1) is 5.41 Å². The van der Waals surface area contributed by atoms with Crippen LogP contribution in [0.1, 0.15) is 65.7 Å². The summed E-state index contributed by atoms with van der Waals surface area (Å²) in [6.07, 6.45) is 2.94. The quantitative estimate of drug-likeness (QED) is 0.856. The van der Waals surface area contributed by atoms with Crippen LogP contribution in [0.15, 0.2) is 6.20 Å². The van der Waals surface area contributed by atoms with E-state index in [0.717, 1.165) is 24.4 Å². The van der Waals surface area contributed by atoms with Crippen LogP contribution in [-0.2, 0) is 0 Å². The molecule has 0 bridgehead atoms. The molecule has 0 aromatic carbocycles. The number of hydrogen-bond acceptors (Lipinski definition) is 3. The highest BCUT2D eigenvalue weighted by Crippen LogP contribution is 2.38. The summed E-state index contributed by atoms with van der Waals surface area (Å²) in [5.41, 5.74) is 1.26. The number of hydrogen-bond donors (Lipinski definition) is 1. The molecule has 0 aliphatic carbocycles. The molecule has 1 N–H and O–H groups in total. The molecule has 110 valence electrons. The minimum atomic E-state index is 0.106. The molecule has 19 heavy (non-hydrogen) atoms. The lowest BCUT2D eigenvalue weighted by molar-refractivity contribution is 0.247. The number of ether oxygens (including phenoxy) is 1. The number of methoxy groups -OCH3 is 1. The van der Waals surface area contributed by atoms with Crippen LogP contribution >= 0.6 is 0 Å². The number of rotatable bonds is 6. The second-order valence-corrected chi connectivity index (χ2v) is 6.39. The Balaban J connectivity index is 3.23. The summed E-state index contributed by atoms with van der Waals surface area (Å²) < 4.78 is 7.58. The van der Waals surface area contributed by atoms with Crippen molar-refractivity contribution in [2.45, 2.75) is 60.0 Å². The first-order chi connectivity index (χ1) is 8.82. The van der Waals surface area contributed by atoms with Gasteiger partial charge in [-0.3, -0.25) is 4.68 Å². The third-order valence-corrected chi connectivity index (χ3v) is 3.25. The maximum atomic E-state index is 5.51. The van der Waals surface area contributed by atoms with E-state index in [1.165, 1.54) is 0 Å². The van der Waals surface area contributed by atoms with E-state index in [-0.39, 0.29) is 11.5 Å². The van der Waals surface area contributed by atoms with Crippen LogP contribution in [0.25, 0.3) is 0 Å². The largest absolute Gasteiger partial charge is 0.493 e. The minimum Gasteiger partial charge on any atom is -0.493 e. The van der Waals surface area contributed by atoms with Crippen LogP contribution in [0.4, 0.5) is 0 Å². The fraction of sp³-hybridized carbons (Fsp3) is 0.800. The summed E-state index contributed by atoms with van der Waals surface area (Å²) in [5, 5.41) is 8.12. The van der Waals surface area contributed by atoms with E-state index in [1.54, 1.807) is 7.11 Å². The molecule has 1 rings (SSSR count). The van der Waals surface area contributed by atoms with Gasteiger partial charge in [0.1, 0.15) is 0 Å². The average Bonchev–Trinajstić information content (AvgIpc) is 2.71. The van der Waals surface area contributed by atoms with Gasteiger partial charge < -0.3 is 10.1 Å². The maximum Gasteiger partial charge on any atom is 0.161 e. The van der Waals surface area contributed by atoms with Crippen LogP contribution < -0.4 is 10.1 Å². The third-order valence-electron chi connectivity index (χ3n) is 3.25. The van der Waals surface area contributed by atoms with Gasteiger partial charge in [-0.25, -0.2) is 0 Å². The fourth-order valence-corrected chi connectivity index (χ4v) is 2.30. The molecule has 0 aliphatic heterocycles. The zero-order valence-electron chi connectivity index (χ0n) is 13.4. The Morgan fingerprint density at radius 3 is 2.42 bits per heavy atom. The highest BCUT2D eigenvalue weighted by atomic mass is 16.5. The molecule has 0 radical (unpaired) electrons. The van der Waals surface area contributed by atoms with Crippen LogP contribution in [0.3, 0.4) is 0 Å². The summed E-state index contributed by atoms with van der Waals surface area (Å²) in [7, 11) is 1.71. The van der Waals surface area contributed by atoms with Gasteiger partial charge in [-0.05, 0) is 32.2 Å². The molecular weight excluding hydrogens is 238 g/mol. The van der Waals surface area contributed by atoms with Gasteiger partial charge in [0.15, 0.2) is 5.75 Å². The first-order valence-electron chi connectivity index (χ1n) is 7.17. The van der Waals surface area contributed by atoms with Gasteiger partial charge in [0.2, 0.25) is 0 Å². The lowest BCUT2D eigenvalue weighted by Gasteiger charge is -2.33. The molecule has 1 heterocycles. The van der Waals surface area contributed by atoms with Gasteiger partial charge in [0, 0.05) is 6.04 Å². The monoisotopic (exact) mass is 267 g/mol. The molecule has 1 aromatic rings. The third kappa shape index (κ3) is 3.72. The lowest BCUT2D eigenvalue weighted by atomic mass is 9.84.